The van der Waals surface area contributed by atoms with E-state index in [4.69, 9.17) is 4.74 Å². The van der Waals surface area contributed by atoms with Gasteiger partial charge in [-0.15, -0.1) is 0 Å². The first-order valence-electron chi connectivity index (χ1n) is 12.0. The van der Waals surface area contributed by atoms with Crippen LogP contribution in [-0.2, 0) is 27.5 Å². The fraction of sp³-hybridized carbons (Fsp3) is 0.464. The van der Waals surface area contributed by atoms with E-state index in [-0.39, 0.29) is 30.2 Å². The number of ketones is 2. The maximum atomic E-state index is 13.1. The Morgan fingerprint density at radius 1 is 1.00 bits per heavy atom. The van der Waals surface area contributed by atoms with Crippen LogP contribution in [0.25, 0.3) is 0 Å². The molecule has 33 heavy (non-hydrogen) atoms. The second-order valence-corrected chi connectivity index (χ2v) is 9.65. The van der Waals surface area contributed by atoms with Gasteiger partial charge in [0.05, 0.1) is 5.41 Å². The van der Waals surface area contributed by atoms with Gasteiger partial charge in [-0.25, -0.2) is 4.79 Å². The SMILES string of the molecule is C[C@H]1CC(=O)[C@]2(CCCN(Cc3ccccc3)C(=O)OCc3ccccc3)C(=O)CC[C@@H]2C1. The summed E-state index contributed by atoms with van der Waals surface area (Å²) in [6.45, 7) is 3.21. The average Bonchev–Trinajstić information content (AvgIpc) is 3.14. The Balaban J connectivity index is 1.43. The van der Waals surface area contributed by atoms with Crippen LogP contribution in [0, 0.1) is 17.3 Å². The molecule has 0 unspecified atom stereocenters. The Morgan fingerprint density at radius 2 is 1.67 bits per heavy atom. The Bertz CT molecular complexity index is 974. The number of hydrogen-bond donors (Lipinski definition) is 0. The second kappa shape index (κ2) is 10.3. The number of ether oxygens (including phenoxy) is 1. The molecule has 2 aliphatic carbocycles. The summed E-state index contributed by atoms with van der Waals surface area (Å²) < 4.78 is 5.60. The number of benzene rings is 2. The van der Waals surface area contributed by atoms with Crippen molar-refractivity contribution < 1.29 is 19.1 Å². The molecule has 2 aromatic carbocycles. The van der Waals surface area contributed by atoms with Crippen molar-refractivity contribution in [3.63, 3.8) is 0 Å². The molecule has 174 valence electrons. The number of fused-ring (bicyclic) bond motifs is 1. The van der Waals surface area contributed by atoms with Crippen molar-refractivity contribution in [3.05, 3.63) is 71.8 Å². The molecule has 3 atom stereocenters. The van der Waals surface area contributed by atoms with Crippen LogP contribution in [0.1, 0.15) is 56.6 Å². The molecule has 0 saturated heterocycles. The third-order valence-electron chi connectivity index (χ3n) is 7.31. The van der Waals surface area contributed by atoms with Gasteiger partial charge in [-0.1, -0.05) is 67.6 Å². The summed E-state index contributed by atoms with van der Waals surface area (Å²) >= 11 is 0. The molecule has 2 fully saturated rings. The molecule has 0 radical (unpaired) electrons. The van der Waals surface area contributed by atoms with E-state index in [0.717, 1.165) is 24.0 Å². The molecule has 5 heteroatoms. The molecule has 0 bridgehead atoms. The van der Waals surface area contributed by atoms with E-state index in [1.807, 2.05) is 60.7 Å². The zero-order valence-electron chi connectivity index (χ0n) is 19.4. The Morgan fingerprint density at radius 3 is 2.36 bits per heavy atom. The van der Waals surface area contributed by atoms with Crippen molar-refractivity contribution >= 4 is 17.7 Å². The molecule has 5 nitrogen and oxygen atoms in total. The maximum absolute atomic E-state index is 13.1. The van der Waals surface area contributed by atoms with Crippen molar-refractivity contribution in [2.75, 3.05) is 6.54 Å². The third kappa shape index (κ3) is 5.18. The number of carbonyl (C=O) groups excluding carboxylic acids is 3. The molecule has 4 rings (SSSR count). The number of hydrogen-bond acceptors (Lipinski definition) is 4. The minimum atomic E-state index is -0.821. The topological polar surface area (TPSA) is 63.7 Å². The van der Waals surface area contributed by atoms with Gasteiger partial charge in [0.15, 0.2) is 0 Å². The van der Waals surface area contributed by atoms with Crippen molar-refractivity contribution in [3.8, 4) is 0 Å². The number of amides is 1. The van der Waals surface area contributed by atoms with Crippen molar-refractivity contribution in [1.29, 1.82) is 0 Å². The molecule has 2 saturated carbocycles. The highest BCUT2D eigenvalue weighted by atomic mass is 16.6. The zero-order chi connectivity index (χ0) is 23.3. The van der Waals surface area contributed by atoms with E-state index < -0.39 is 5.41 Å². The number of carbonyl (C=O) groups is 3. The number of Topliss-reactive ketones (excluding diaryl/α,β-unsaturated/α-hetero) is 2. The Hall–Kier alpha value is -2.95. The molecular formula is C28H33NO4. The molecule has 0 aromatic heterocycles. The van der Waals surface area contributed by atoms with Crippen LogP contribution >= 0.6 is 0 Å². The quantitative estimate of drug-likeness (QED) is 0.496. The lowest BCUT2D eigenvalue weighted by Crippen LogP contribution is -2.46. The van der Waals surface area contributed by atoms with Crippen LogP contribution in [0.2, 0.25) is 0 Å². The van der Waals surface area contributed by atoms with E-state index in [2.05, 4.69) is 6.92 Å². The summed E-state index contributed by atoms with van der Waals surface area (Å²) in [4.78, 5) is 40.6. The first-order valence-corrected chi connectivity index (χ1v) is 12.0. The van der Waals surface area contributed by atoms with E-state index in [0.29, 0.717) is 44.7 Å². The molecule has 0 N–H and O–H groups in total. The lowest BCUT2D eigenvalue weighted by atomic mass is 9.62. The summed E-state index contributed by atoms with van der Waals surface area (Å²) in [7, 11) is 0. The molecule has 0 spiro atoms. The van der Waals surface area contributed by atoms with Gasteiger partial charge in [0.1, 0.15) is 18.2 Å². The van der Waals surface area contributed by atoms with Crippen LogP contribution in [-0.4, -0.2) is 29.1 Å². The van der Waals surface area contributed by atoms with Gasteiger partial charge in [0.2, 0.25) is 0 Å². The molecule has 0 heterocycles. The van der Waals surface area contributed by atoms with Gasteiger partial charge in [-0.05, 0) is 48.6 Å². The Labute approximate surface area is 196 Å². The van der Waals surface area contributed by atoms with Gasteiger partial charge in [-0.2, -0.15) is 0 Å². The van der Waals surface area contributed by atoms with E-state index in [9.17, 15) is 14.4 Å². The summed E-state index contributed by atoms with van der Waals surface area (Å²) in [5.41, 5.74) is 1.13. The van der Waals surface area contributed by atoms with E-state index in [1.54, 1.807) is 4.90 Å². The number of nitrogens with zero attached hydrogens (tertiary/aromatic N) is 1. The van der Waals surface area contributed by atoms with Gasteiger partial charge < -0.3 is 9.64 Å². The highest BCUT2D eigenvalue weighted by Crippen LogP contribution is 2.52. The van der Waals surface area contributed by atoms with Gasteiger partial charge in [0.25, 0.3) is 0 Å². The van der Waals surface area contributed by atoms with Crippen LogP contribution < -0.4 is 0 Å². The van der Waals surface area contributed by atoms with Gasteiger partial charge in [0, 0.05) is 25.9 Å². The van der Waals surface area contributed by atoms with Crippen molar-refractivity contribution in [2.24, 2.45) is 17.3 Å². The van der Waals surface area contributed by atoms with E-state index >= 15 is 0 Å². The van der Waals surface area contributed by atoms with Crippen LogP contribution in [0.3, 0.4) is 0 Å². The lowest BCUT2D eigenvalue weighted by Gasteiger charge is -2.39. The largest absolute Gasteiger partial charge is 0.445 e. The predicted octanol–water partition coefficient (Wildman–Crippen LogP) is 5.57. The fourth-order valence-electron chi connectivity index (χ4n) is 5.65. The highest BCUT2D eigenvalue weighted by Gasteiger charge is 2.56. The summed E-state index contributed by atoms with van der Waals surface area (Å²) in [6, 6.07) is 19.4. The van der Waals surface area contributed by atoms with Crippen molar-refractivity contribution in [1.82, 2.24) is 4.90 Å². The van der Waals surface area contributed by atoms with Crippen LogP contribution in [0.15, 0.2) is 60.7 Å². The fourth-order valence-corrected chi connectivity index (χ4v) is 5.65. The second-order valence-electron chi connectivity index (χ2n) is 9.65. The molecule has 0 aliphatic heterocycles. The predicted molar refractivity (Wildman–Crippen MR) is 126 cm³/mol. The minimum absolute atomic E-state index is 0.116. The van der Waals surface area contributed by atoms with E-state index in [1.165, 1.54) is 0 Å². The van der Waals surface area contributed by atoms with Gasteiger partial charge >= 0.3 is 6.09 Å². The van der Waals surface area contributed by atoms with Crippen LogP contribution in [0.5, 0.6) is 0 Å². The highest BCUT2D eigenvalue weighted by molar-refractivity contribution is 6.09. The minimum Gasteiger partial charge on any atom is -0.445 e. The molecule has 2 aliphatic rings. The third-order valence-corrected chi connectivity index (χ3v) is 7.31. The molecule has 1 amide bonds. The van der Waals surface area contributed by atoms with Gasteiger partial charge in [-0.3, -0.25) is 9.59 Å². The summed E-state index contributed by atoms with van der Waals surface area (Å²) in [6.07, 6.45) is 3.53. The number of rotatable bonds is 8. The Kier molecular flexibility index (Phi) is 7.26. The maximum Gasteiger partial charge on any atom is 0.410 e. The summed E-state index contributed by atoms with van der Waals surface area (Å²) in [5, 5.41) is 0. The molecular weight excluding hydrogens is 414 g/mol. The lowest BCUT2D eigenvalue weighted by molar-refractivity contribution is -0.145. The monoisotopic (exact) mass is 447 g/mol. The standard InChI is InChI=1S/C28H33NO4/c1-21-17-24-13-14-25(30)28(24,26(31)18-21)15-8-16-29(19-22-9-4-2-5-10-22)27(32)33-20-23-11-6-3-7-12-23/h2-7,9-12,21,24H,8,13-20H2,1H3/t21-,24-,28+/m1/s1. The first kappa shape index (κ1) is 23.2. The van der Waals surface area contributed by atoms with Crippen LogP contribution in [0.4, 0.5) is 4.79 Å². The average molecular weight is 448 g/mol. The van der Waals surface area contributed by atoms with Crippen molar-refractivity contribution in [2.45, 2.75) is 58.6 Å². The molecule has 2 aromatic rings. The zero-order valence-corrected chi connectivity index (χ0v) is 19.4. The summed E-state index contributed by atoms with van der Waals surface area (Å²) in [5.74, 6) is 0.749. The first-order chi connectivity index (χ1) is 16.0. The smallest absolute Gasteiger partial charge is 0.410 e. The normalized spacial score (nSPS) is 24.4.